The van der Waals surface area contributed by atoms with Gasteiger partial charge in [0.25, 0.3) is 8.32 Å². The second kappa shape index (κ2) is 9.07. The molecule has 1 aliphatic heterocycles. The summed E-state index contributed by atoms with van der Waals surface area (Å²) < 4.78 is 7.11. The first-order valence-corrected chi connectivity index (χ1v) is 14.0. The molecule has 1 fully saturated rings. The van der Waals surface area contributed by atoms with E-state index in [0.717, 1.165) is 19.4 Å². The van der Waals surface area contributed by atoms with E-state index < -0.39 is 13.7 Å². The lowest BCUT2D eigenvalue weighted by atomic mass is 9.63. The lowest BCUT2D eigenvalue weighted by Gasteiger charge is -2.44. The van der Waals surface area contributed by atoms with Crippen LogP contribution in [0.2, 0.25) is 5.04 Å². The van der Waals surface area contributed by atoms with Gasteiger partial charge < -0.3 is 9.33 Å². The zero-order valence-corrected chi connectivity index (χ0v) is 21.5. The van der Waals surface area contributed by atoms with Crippen LogP contribution >= 0.6 is 0 Å². The van der Waals surface area contributed by atoms with Gasteiger partial charge in [-0.25, -0.2) is 0 Å². The molecule has 0 N–H and O–H groups in total. The Morgan fingerprint density at radius 3 is 2.18 bits per heavy atom. The number of hydrogen-bond donors (Lipinski definition) is 0. The third-order valence-electron chi connectivity index (χ3n) is 7.79. The highest BCUT2D eigenvalue weighted by Crippen LogP contribution is 2.50. The first-order valence-electron chi connectivity index (χ1n) is 12.1. The molecule has 1 saturated heterocycles. The van der Waals surface area contributed by atoms with Gasteiger partial charge >= 0.3 is 0 Å². The van der Waals surface area contributed by atoms with E-state index in [1.165, 1.54) is 10.4 Å². The SMILES string of the molecule is C=C[C@@]12C(=O)N(C)C[C@@H]1CC=C[C@@H]2CCO[Si](c1ccccc1)(c1ccccc1)C(C)(C)C. The Bertz CT molecular complexity index is 971. The van der Waals surface area contributed by atoms with E-state index in [2.05, 4.69) is 100 Å². The molecule has 2 aromatic carbocycles. The van der Waals surface area contributed by atoms with E-state index in [-0.39, 0.29) is 16.9 Å². The minimum Gasteiger partial charge on any atom is -0.407 e. The number of carbonyl (C=O) groups is 1. The summed E-state index contributed by atoms with van der Waals surface area (Å²) in [6.45, 7) is 12.5. The van der Waals surface area contributed by atoms with Crippen molar-refractivity contribution >= 4 is 24.6 Å². The third kappa shape index (κ3) is 3.83. The van der Waals surface area contributed by atoms with Crippen LogP contribution < -0.4 is 10.4 Å². The standard InChI is InChI=1S/C29H37NO2Si/c1-6-29-23(14-13-15-24(29)22-30(5)27(29)31)20-21-32-33(28(2,3)4,25-16-9-7-10-17-25)26-18-11-8-12-19-26/h6-14,16-19,23-24H,1,15,20-22H2,2-5H3/t23-,24+,29+/m1/s1. The number of likely N-dealkylation sites (tertiary alicyclic amines) is 1. The van der Waals surface area contributed by atoms with Crippen molar-refractivity contribution < 1.29 is 9.22 Å². The van der Waals surface area contributed by atoms with Crippen LogP contribution in [0.5, 0.6) is 0 Å². The van der Waals surface area contributed by atoms with Crippen LogP contribution in [0.4, 0.5) is 0 Å². The predicted octanol–water partition coefficient (Wildman–Crippen LogP) is 4.79. The summed E-state index contributed by atoms with van der Waals surface area (Å²) in [4.78, 5) is 15.1. The first-order chi connectivity index (χ1) is 15.8. The number of amides is 1. The zero-order chi connectivity index (χ0) is 23.7. The summed E-state index contributed by atoms with van der Waals surface area (Å²) in [7, 11) is -0.659. The molecular weight excluding hydrogens is 422 g/mol. The van der Waals surface area contributed by atoms with E-state index in [0.29, 0.717) is 12.5 Å². The largest absolute Gasteiger partial charge is 0.407 e. The summed E-state index contributed by atoms with van der Waals surface area (Å²) in [5, 5.41) is 2.52. The molecule has 0 spiro atoms. The van der Waals surface area contributed by atoms with Crippen LogP contribution in [0.15, 0.2) is 85.5 Å². The predicted molar refractivity (Wildman–Crippen MR) is 139 cm³/mol. The van der Waals surface area contributed by atoms with Crippen LogP contribution in [-0.2, 0) is 9.22 Å². The van der Waals surface area contributed by atoms with Crippen molar-refractivity contribution in [2.45, 2.75) is 38.7 Å². The van der Waals surface area contributed by atoms with E-state index >= 15 is 0 Å². The molecular formula is C29H37NO2Si. The Kier molecular flexibility index (Phi) is 6.52. The molecule has 1 heterocycles. The Hall–Kier alpha value is -2.43. The molecule has 3 nitrogen and oxygen atoms in total. The maximum absolute atomic E-state index is 13.3. The van der Waals surface area contributed by atoms with Crippen LogP contribution in [0, 0.1) is 17.3 Å². The average Bonchev–Trinajstić information content (AvgIpc) is 3.08. The number of rotatable bonds is 7. The average molecular weight is 460 g/mol. The Labute approximate surface area is 200 Å². The van der Waals surface area contributed by atoms with Crippen molar-refractivity contribution in [2.24, 2.45) is 17.3 Å². The smallest absolute Gasteiger partial charge is 0.261 e. The molecule has 0 unspecified atom stereocenters. The van der Waals surface area contributed by atoms with Crippen molar-refractivity contribution in [1.29, 1.82) is 0 Å². The lowest BCUT2D eigenvalue weighted by molar-refractivity contribution is -0.135. The molecule has 2 aromatic rings. The summed E-state index contributed by atoms with van der Waals surface area (Å²) in [6.07, 6.45) is 8.17. The summed E-state index contributed by atoms with van der Waals surface area (Å²) in [5.74, 6) is 0.627. The number of carbonyl (C=O) groups excluding carboxylic acids is 1. The third-order valence-corrected chi connectivity index (χ3v) is 12.8. The van der Waals surface area contributed by atoms with Gasteiger partial charge in [0.2, 0.25) is 5.91 Å². The van der Waals surface area contributed by atoms with Gasteiger partial charge in [-0.15, -0.1) is 6.58 Å². The fraction of sp³-hybridized carbons (Fsp3) is 0.414. The van der Waals surface area contributed by atoms with Gasteiger partial charge in [0, 0.05) is 20.2 Å². The summed E-state index contributed by atoms with van der Waals surface area (Å²) in [5.41, 5.74) is -0.502. The fourth-order valence-corrected chi connectivity index (χ4v) is 10.8. The minimum atomic E-state index is -2.58. The number of nitrogens with zero attached hydrogens (tertiary/aromatic N) is 1. The molecule has 33 heavy (non-hydrogen) atoms. The highest BCUT2D eigenvalue weighted by molar-refractivity contribution is 6.99. The van der Waals surface area contributed by atoms with Gasteiger partial charge in [-0.3, -0.25) is 4.79 Å². The Morgan fingerprint density at radius 1 is 1.09 bits per heavy atom. The molecule has 3 atom stereocenters. The van der Waals surface area contributed by atoms with E-state index in [9.17, 15) is 4.79 Å². The molecule has 174 valence electrons. The molecule has 1 amide bonds. The van der Waals surface area contributed by atoms with Gasteiger partial charge in [0.15, 0.2) is 0 Å². The van der Waals surface area contributed by atoms with Crippen molar-refractivity contribution in [3.63, 3.8) is 0 Å². The minimum absolute atomic E-state index is 0.0554. The van der Waals surface area contributed by atoms with Crippen molar-refractivity contribution in [1.82, 2.24) is 4.90 Å². The van der Waals surface area contributed by atoms with Gasteiger partial charge in [-0.1, -0.05) is 99.7 Å². The van der Waals surface area contributed by atoms with Crippen LogP contribution in [-0.4, -0.2) is 39.3 Å². The molecule has 2 aliphatic rings. The number of benzene rings is 2. The molecule has 0 bridgehead atoms. The van der Waals surface area contributed by atoms with Gasteiger partial charge in [-0.05, 0) is 40.1 Å². The van der Waals surface area contributed by atoms with E-state index in [1.54, 1.807) is 0 Å². The van der Waals surface area contributed by atoms with Crippen molar-refractivity contribution in [3.05, 3.63) is 85.5 Å². The van der Waals surface area contributed by atoms with E-state index in [4.69, 9.17) is 4.43 Å². The maximum atomic E-state index is 13.3. The highest BCUT2D eigenvalue weighted by Gasteiger charge is 2.56. The monoisotopic (exact) mass is 459 g/mol. The summed E-state index contributed by atoms with van der Waals surface area (Å²) in [6, 6.07) is 21.5. The Balaban J connectivity index is 1.67. The van der Waals surface area contributed by atoms with Crippen molar-refractivity contribution in [3.8, 4) is 0 Å². The topological polar surface area (TPSA) is 29.5 Å². The zero-order valence-electron chi connectivity index (χ0n) is 20.5. The number of hydrogen-bond acceptors (Lipinski definition) is 2. The molecule has 0 aromatic heterocycles. The quantitative estimate of drug-likeness (QED) is 0.440. The van der Waals surface area contributed by atoms with E-state index in [1.807, 2.05) is 18.0 Å². The molecule has 0 radical (unpaired) electrons. The summed E-state index contributed by atoms with van der Waals surface area (Å²) >= 11 is 0. The van der Waals surface area contributed by atoms with Crippen LogP contribution in [0.3, 0.4) is 0 Å². The second-order valence-corrected chi connectivity index (χ2v) is 14.9. The van der Waals surface area contributed by atoms with Gasteiger partial charge in [0.05, 0.1) is 5.41 Å². The molecule has 4 rings (SSSR count). The fourth-order valence-electron chi connectivity index (χ4n) is 6.21. The van der Waals surface area contributed by atoms with Gasteiger partial charge in [-0.2, -0.15) is 0 Å². The van der Waals surface area contributed by atoms with Crippen LogP contribution in [0.1, 0.15) is 33.6 Å². The normalized spacial score (nSPS) is 25.2. The lowest BCUT2D eigenvalue weighted by Crippen LogP contribution is -2.66. The number of fused-ring (bicyclic) bond motifs is 1. The Morgan fingerprint density at radius 2 is 1.67 bits per heavy atom. The van der Waals surface area contributed by atoms with Crippen LogP contribution in [0.25, 0.3) is 0 Å². The highest BCUT2D eigenvalue weighted by atomic mass is 28.4. The van der Waals surface area contributed by atoms with Gasteiger partial charge in [0.1, 0.15) is 0 Å². The second-order valence-electron chi connectivity index (χ2n) is 10.6. The first kappa shape index (κ1) is 23.7. The molecule has 1 aliphatic carbocycles. The van der Waals surface area contributed by atoms with Crippen molar-refractivity contribution in [2.75, 3.05) is 20.2 Å². The molecule has 4 heteroatoms. The maximum Gasteiger partial charge on any atom is 0.261 e. The molecule has 0 saturated carbocycles. The number of allylic oxidation sites excluding steroid dienone is 2.